The van der Waals surface area contributed by atoms with E-state index in [1.165, 1.54) is 5.52 Å². The summed E-state index contributed by atoms with van der Waals surface area (Å²) in [5, 5.41) is 0. The third kappa shape index (κ3) is 2.43. The molecule has 3 heteroatoms. The van der Waals surface area contributed by atoms with Gasteiger partial charge in [-0.05, 0) is 30.5 Å². The summed E-state index contributed by atoms with van der Waals surface area (Å²) in [6, 6.07) is 5.96. The summed E-state index contributed by atoms with van der Waals surface area (Å²) in [7, 11) is 0. The van der Waals surface area contributed by atoms with Crippen molar-refractivity contribution in [3.05, 3.63) is 24.0 Å². The van der Waals surface area contributed by atoms with Crippen LogP contribution in [0.1, 0.15) is 33.5 Å². The number of aryl methyl sites for hydroxylation is 1. The molecular weight excluding hydrogens is 210 g/mol. The number of rotatable bonds is 2. The maximum absolute atomic E-state index is 5.80. The van der Waals surface area contributed by atoms with Crippen molar-refractivity contribution in [1.82, 2.24) is 9.55 Å². The summed E-state index contributed by atoms with van der Waals surface area (Å²) in [6.07, 6.45) is 0.982. The van der Waals surface area contributed by atoms with Crippen molar-refractivity contribution in [2.45, 2.75) is 40.7 Å². The van der Waals surface area contributed by atoms with Crippen LogP contribution in [0.25, 0.3) is 11.0 Å². The van der Waals surface area contributed by atoms with E-state index in [4.69, 9.17) is 10.7 Å². The molecule has 0 amide bonds. The molecule has 0 aliphatic carbocycles. The minimum Gasteiger partial charge on any atom is -0.399 e. The number of anilines is 1. The first-order valence-corrected chi connectivity index (χ1v) is 6.15. The van der Waals surface area contributed by atoms with E-state index in [0.29, 0.717) is 0 Å². The van der Waals surface area contributed by atoms with Crippen LogP contribution in [0.15, 0.2) is 18.2 Å². The molecule has 0 aliphatic rings. The average molecular weight is 231 g/mol. The van der Waals surface area contributed by atoms with Crippen molar-refractivity contribution in [1.29, 1.82) is 0 Å². The van der Waals surface area contributed by atoms with Gasteiger partial charge >= 0.3 is 0 Å². The molecule has 0 unspecified atom stereocenters. The Balaban J connectivity index is 2.55. The number of nitrogen functional groups attached to an aromatic ring is 1. The van der Waals surface area contributed by atoms with Gasteiger partial charge in [-0.15, -0.1) is 0 Å². The molecule has 2 N–H and O–H groups in total. The van der Waals surface area contributed by atoms with Gasteiger partial charge in [0.15, 0.2) is 0 Å². The Kier molecular flexibility index (Phi) is 2.86. The van der Waals surface area contributed by atoms with Crippen molar-refractivity contribution in [3.63, 3.8) is 0 Å². The summed E-state index contributed by atoms with van der Waals surface area (Å²) in [6.45, 7) is 9.82. The molecule has 0 fully saturated rings. The van der Waals surface area contributed by atoms with Gasteiger partial charge in [-0.2, -0.15) is 0 Å². The van der Waals surface area contributed by atoms with Crippen molar-refractivity contribution in [3.8, 4) is 0 Å². The number of fused-ring (bicyclic) bond motifs is 1. The second-order valence-corrected chi connectivity index (χ2v) is 5.76. The Labute approximate surface area is 103 Å². The third-order valence-electron chi connectivity index (χ3n) is 2.86. The van der Waals surface area contributed by atoms with Crippen molar-refractivity contribution >= 4 is 16.7 Å². The Hall–Kier alpha value is -1.51. The molecule has 0 radical (unpaired) electrons. The standard InChI is InChI=1S/C14H21N3/c1-5-17-12-7-6-10(15)8-11(12)16-13(17)9-14(2,3)4/h6-8H,5,9,15H2,1-4H3. The molecule has 0 aliphatic heterocycles. The summed E-state index contributed by atoms with van der Waals surface area (Å²) in [4.78, 5) is 4.71. The van der Waals surface area contributed by atoms with Gasteiger partial charge in [-0.25, -0.2) is 4.98 Å². The Morgan fingerprint density at radius 3 is 2.59 bits per heavy atom. The lowest BCUT2D eigenvalue weighted by Gasteiger charge is -2.18. The highest BCUT2D eigenvalue weighted by molar-refractivity contribution is 5.79. The summed E-state index contributed by atoms with van der Waals surface area (Å²) < 4.78 is 2.28. The maximum atomic E-state index is 5.80. The minimum absolute atomic E-state index is 0.250. The zero-order valence-corrected chi connectivity index (χ0v) is 11.1. The number of nitrogens with zero attached hydrogens (tertiary/aromatic N) is 2. The van der Waals surface area contributed by atoms with Crippen LogP contribution >= 0.6 is 0 Å². The first-order valence-electron chi connectivity index (χ1n) is 6.15. The monoisotopic (exact) mass is 231 g/mol. The van der Waals surface area contributed by atoms with E-state index < -0.39 is 0 Å². The third-order valence-corrected chi connectivity index (χ3v) is 2.86. The van der Waals surface area contributed by atoms with Crippen LogP contribution in [0.3, 0.4) is 0 Å². The quantitative estimate of drug-likeness (QED) is 0.806. The smallest absolute Gasteiger partial charge is 0.110 e. The summed E-state index contributed by atoms with van der Waals surface area (Å²) in [5.74, 6) is 1.15. The first-order chi connectivity index (χ1) is 7.90. The molecule has 2 rings (SSSR count). The van der Waals surface area contributed by atoms with Crippen molar-refractivity contribution in [2.75, 3.05) is 5.73 Å². The predicted molar refractivity (Wildman–Crippen MR) is 73.0 cm³/mol. The Morgan fingerprint density at radius 2 is 2.00 bits per heavy atom. The molecule has 17 heavy (non-hydrogen) atoms. The van der Waals surface area contributed by atoms with Gasteiger partial charge < -0.3 is 10.3 Å². The molecular formula is C14H21N3. The van der Waals surface area contributed by atoms with E-state index in [-0.39, 0.29) is 5.41 Å². The predicted octanol–water partition coefficient (Wildman–Crippen LogP) is 3.23. The molecule has 0 saturated heterocycles. The molecule has 2 aromatic rings. The van der Waals surface area contributed by atoms with Gasteiger partial charge in [0.2, 0.25) is 0 Å². The zero-order chi connectivity index (χ0) is 12.6. The lowest BCUT2D eigenvalue weighted by Crippen LogP contribution is -2.14. The number of aromatic nitrogens is 2. The van der Waals surface area contributed by atoms with Crippen LogP contribution in [-0.2, 0) is 13.0 Å². The summed E-state index contributed by atoms with van der Waals surface area (Å²) in [5.41, 5.74) is 9.02. The lowest BCUT2D eigenvalue weighted by atomic mass is 9.92. The highest BCUT2D eigenvalue weighted by Gasteiger charge is 2.17. The number of nitrogens with two attached hydrogens (primary N) is 1. The Morgan fingerprint density at radius 1 is 1.29 bits per heavy atom. The van der Waals surface area contributed by atoms with Crippen molar-refractivity contribution < 1.29 is 0 Å². The number of hydrogen-bond acceptors (Lipinski definition) is 2. The largest absolute Gasteiger partial charge is 0.399 e. The second kappa shape index (κ2) is 4.06. The SMILES string of the molecule is CCn1c(CC(C)(C)C)nc2cc(N)ccc21. The van der Waals surface area contributed by atoms with Gasteiger partial charge in [0, 0.05) is 18.7 Å². The van der Waals surface area contributed by atoms with Gasteiger partial charge in [-0.3, -0.25) is 0 Å². The van der Waals surface area contributed by atoms with Crippen LogP contribution in [0.5, 0.6) is 0 Å². The van der Waals surface area contributed by atoms with Crippen LogP contribution in [0, 0.1) is 5.41 Å². The normalized spacial score (nSPS) is 12.2. The fraction of sp³-hybridized carbons (Fsp3) is 0.500. The molecule has 1 aromatic carbocycles. The van der Waals surface area contributed by atoms with Gasteiger partial charge in [0.05, 0.1) is 11.0 Å². The van der Waals surface area contributed by atoms with E-state index in [1.807, 2.05) is 12.1 Å². The van der Waals surface area contributed by atoms with Crippen molar-refractivity contribution in [2.24, 2.45) is 5.41 Å². The Bertz CT molecular complexity index is 532. The molecule has 0 atom stereocenters. The highest BCUT2D eigenvalue weighted by atomic mass is 15.1. The topological polar surface area (TPSA) is 43.8 Å². The van der Waals surface area contributed by atoms with E-state index in [1.54, 1.807) is 0 Å². The first kappa shape index (κ1) is 12.0. The second-order valence-electron chi connectivity index (χ2n) is 5.76. The fourth-order valence-electron chi connectivity index (χ4n) is 2.16. The van der Waals surface area contributed by atoms with Crippen LogP contribution < -0.4 is 5.73 Å². The van der Waals surface area contributed by atoms with Crippen LogP contribution in [0.4, 0.5) is 5.69 Å². The molecule has 1 heterocycles. The number of benzene rings is 1. The van der Waals surface area contributed by atoms with E-state index in [0.717, 1.165) is 30.0 Å². The fourth-order valence-corrected chi connectivity index (χ4v) is 2.16. The highest BCUT2D eigenvalue weighted by Crippen LogP contribution is 2.24. The van der Waals surface area contributed by atoms with E-state index in [9.17, 15) is 0 Å². The van der Waals surface area contributed by atoms with Gasteiger partial charge in [0.1, 0.15) is 5.82 Å². The molecule has 3 nitrogen and oxygen atoms in total. The zero-order valence-electron chi connectivity index (χ0n) is 11.1. The van der Waals surface area contributed by atoms with E-state index >= 15 is 0 Å². The average Bonchev–Trinajstić information content (AvgIpc) is 2.51. The van der Waals surface area contributed by atoms with Gasteiger partial charge in [0.25, 0.3) is 0 Å². The van der Waals surface area contributed by atoms with Crippen LogP contribution in [-0.4, -0.2) is 9.55 Å². The molecule has 1 aromatic heterocycles. The molecule has 0 bridgehead atoms. The van der Waals surface area contributed by atoms with E-state index in [2.05, 4.69) is 38.3 Å². The summed E-state index contributed by atoms with van der Waals surface area (Å²) >= 11 is 0. The van der Waals surface area contributed by atoms with Crippen LogP contribution in [0.2, 0.25) is 0 Å². The number of imidazole rings is 1. The molecule has 92 valence electrons. The minimum atomic E-state index is 0.250. The molecule has 0 spiro atoms. The van der Waals surface area contributed by atoms with Gasteiger partial charge in [-0.1, -0.05) is 20.8 Å². The molecule has 0 saturated carbocycles. The lowest BCUT2D eigenvalue weighted by molar-refractivity contribution is 0.394. The maximum Gasteiger partial charge on any atom is 0.110 e. The number of hydrogen-bond donors (Lipinski definition) is 1.